The van der Waals surface area contributed by atoms with Crippen LogP contribution in [-0.4, -0.2) is 23.1 Å². The average molecular weight is 209 g/mol. The molecule has 15 heavy (non-hydrogen) atoms. The number of primary amides is 1. The van der Waals surface area contributed by atoms with Crippen LogP contribution in [0.1, 0.15) is 17.3 Å². The van der Waals surface area contributed by atoms with Crippen molar-refractivity contribution in [3.8, 4) is 5.75 Å². The van der Waals surface area contributed by atoms with Gasteiger partial charge >= 0.3 is 5.97 Å². The van der Waals surface area contributed by atoms with Gasteiger partial charge in [-0.15, -0.1) is 0 Å². The summed E-state index contributed by atoms with van der Waals surface area (Å²) in [5.74, 6) is -1.57. The third kappa shape index (κ3) is 2.70. The van der Waals surface area contributed by atoms with Crippen molar-refractivity contribution < 1.29 is 19.4 Å². The van der Waals surface area contributed by atoms with Gasteiger partial charge in [0.25, 0.3) is 5.91 Å². The molecule has 0 aliphatic carbocycles. The lowest BCUT2D eigenvalue weighted by molar-refractivity contribution is -0.144. The number of benzene rings is 1. The highest BCUT2D eigenvalue weighted by molar-refractivity contribution is 5.95. The van der Waals surface area contributed by atoms with Crippen molar-refractivity contribution in [1.82, 2.24) is 0 Å². The second-order valence-corrected chi connectivity index (χ2v) is 2.96. The zero-order chi connectivity index (χ0) is 11.4. The number of amides is 1. The number of carboxylic acid groups (broad SMARTS) is 1. The van der Waals surface area contributed by atoms with Gasteiger partial charge in [0.1, 0.15) is 5.75 Å². The molecule has 5 nitrogen and oxygen atoms in total. The van der Waals surface area contributed by atoms with Gasteiger partial charge in [-0.3, -0.25) is 4.79 Å². The van der Waals surface area contributed by atoms with E-state index in [1.54, 1.807) is 12.1 Å². The SMILES string of the molecule is C[C@@H](Oc1ccccc1C(N)=O)C(=O)O. The lowest BCUT2D eigenvalue weighted by Gasteiger charge is -2.12. The number of para-hydroxylation sites is 1. The van der Waals surface area contributed by atoms with Crippen molar-refractivity contribution in [2.24, 2.45) is 5.73 Å². The van der Waals surface area contributed by atoms with Crippen molar-refractivity contribution in [2.45, 2.75) is 13.0 Å². The molecule has 1 aromatic rings. The Morgan fingerprint density at radius 1 is 1.40 bits per heavy atom. The van der Waals surface area contributed by atoms with Crippen molar-refractivity contribution in [3.05, 3.63) is 29.8 Å². The number of carboxylic acids is 1. The fourth-order valence-electron chi connectivity index (χ4n) is 1.01. The Morgan fingerprint density at radius 2 is 2.00 bits per heavy atom. The molecular formula is C10H11NO4. The van der Waals surface area contributed by atoms with Crippen molar-refractivity contribution in [1.29, 1.82) is 0 Å². The van der Waals surface area contributed by atoms with Crippen LogP contribution in [-0.2, 0) is 4.79 Å². The largest absolute Gasteiger partial charge is 0.479 e. The Balaban J connectivity index is 2.94. The van der Waals surface area contributed by atoms with Gasteiger partial charge in [-0.25, -0.2) is 4.79 Å². The normalized spacial score (nSPS) is 11.8. The summed E-state index contributed by atoms with van der Waals surface area (Å²) in [7, 11) is 0. The highest BCUT2D eigenvalue weighted by Crippen LogP contribution is 2.18. The van der Waals surface area contributed by atoms with Crippen molar-refractivity contribution in [2.75, 3.05) is 0 Å². The predicted molar refractivity (Wildman–Crippen MR) is 52.7 cm³/mol. The van der Waals surface area contributed by atoms with Gasteiger partial charge < -0.3 is 15.6 Å². The quantitative estimate of drug-likeness (QED) is 0.761. The van der Waals surface area contributed by atoms with Gasteiger partial charge in [0.15, 0.2) is 6.10 Å². The number of carbonyl (C=O) groups is 2. The minimum Gasteiger partial charge on any atom is -0.479 e. The fourth-order valence-corrected chi connectivity index (χ4v) is 1.01. The molecule has 0 spiro atoms. The summed E-state index contributed by atoms with van der Waals surface area (Å²) >= 11 is 0. The summed E-state index contributed by atoms with van der Waals surface area (Å²) in [5, 5.41) is 8.63. The Morgan fingerprint density at radius 3 is 2.53 bits per heavy atom. The number of hydrogen-bond donors (Lipinski definition) is 2. The van der Waals surface area contributed by atoms with E-state index in [4.69, 9.17) is 15.6 Å². The highest BCUT2D eigenvalue weighted by atomic mass is 16.5. The zero-order valence-corrected chi connectivity index (χ0v) is 8.14. The number of nitrogens with two attached hydrogens (primary N) is 1. The van der Waals surface area contributed by atoms with Crippen LogP contribution in [0.4, 0.5) is 0 Å². The van der Waals surface area contributed by atoms with Crippen LogP contribution >= 0.6 is 0 Å². The molecule has 3 N–H and O–H groups in total. The average Bonchev–Trinajstić information content (AvgIpc) is 2.18. The lowest BCUT2D eigenvalue weighted by Crippen LogP contribution is -2.24. The Kier molecular flexibility index (Phi) is 3.28. The molecule has 1 aromatic carbocycles. The minimum atomic E-state index is -1.10. The molecule has 0 saturated heterocycles. The van der Waals surface area contributed by atoms with E-state index in [0.29, 0.717) is 0 Å². The van der Waals surface area contributed by atoms with Gasteiger partial charge in [0.05, 0.1) is 5.56 Å². The maximum Gasteiger partial charge on any atom is 0.344 e. The minimum absolute atomic E-state index is 0.172. The molecule has 0 aliphatic rings. The summed E-state index contributed by atoms with van der Waals surface area (Å²) < 4.78 is 5.07. The molecule has 0 heterocycles. The van der Waals surface area contributed by atoms with Crippen LogP contribution in [0.5, 0.6) is 5.75 Å². The first-order valence-corrected chi connectivity index (χ1v) is 4.30. The fraction of sp³-hybridized carbons (Fsp3) is 0.200. The van der Waals surface area contributed by atoms with Crippen LogP contribution in [0, 0.1) is 0 Å². The number of hydrogen-bond acceptors (Lipinski definition) is 3. The predicted octanol–water partition coefficient (Wildman–Crippen LogP) is 0.637. The molecule has 0 saturated carbocycles. The van der Waals surface area contributed by atoms with Crippen LogP contribution in [0.15, 0.2) is 24.3 Å². The summed E-state index contributed by atoms with van der Waals surface area (Å²) in [6, 6.07) is 6.24. The molecule has 1 atom stereocenters. The molecule has 1 amide bonds. The van der Waals surface area contributed by atoms with E-state index >= 15 is 0 Å². The number of carbonyl (C=O) groups excluding carboxylic acids is 1. The van der Waals surface area contributed by atoms with Gasteiger partial charge in [0.2, 0.25) is 0 Å². The summed E-state index contributed by atoms with van der Waals surface area (Å²) in [6.07, 6.45) is -1.02. The van der Waals surface area contributed by atoms with E-state index in [0.717, 1.165) is 0 Å². The van der Waals surface area contributed by atoms with Crippen LogP contribution in [0.25, 0.3) is 0 Å². The highest BCUT2D eigenvalue weighted by Gasteiger charge is 2.16. The molecular weight excluding hydrogens is 198 g/mol. The third-order valence-corrected chi connectivity index (χ3v) is 1.80. The molecule has 1 rings (SSSR count). The van der Waals surface area contributed by atoms with E-state index in [1.807, 2.05) is 0 Å². The van der Waals surface area contributed by atoms with E-state index in [1.165, 1.54) is 19.1 Å². The van der Waals surface area contributed by atoms with Gasteiger partial charge in [-0.2, -0.15) is 0 Å². The van der Waals surface area contributed by atoms with Crippen LogP contribution in [0.2, 0.25) is 0 Å². The van der Waals surface area contributed by atoms with E-state index < -0.39 is 18.0 Å². The second kappa shape index (κ2) is 4.45. The van der Waals surface area contributed by atoms with E-state index in [-0.39, 0.29) is 11.3 Å². The maximum absolute atomic E-state index is 11.0. The summed E-state index contributed by atoms with van der Waals surface area (Å²) in [5.41, 5.74) is 5.27. The number of aliphatic carboxylic acids is 1. The Labute approximate surface area is 86.5 Å². The summed E-state index contributed by atoms with van der Waals surface area (Å²) in [6.45, 7) is 1.38. The molecule has 0 fully saturated rings. The van der Waals surface area contributed by atoms with Gasteiger partial charge in [0, 0.05) is 0 Å². The molecule has 0 aromatic heterocycles. The maximum atomic E-state index is 11.0. The monoisotopic (exact) mass is 209 g/mol. The molecule has 0 aliphatic heterocycles. The molecule has 0 unspecified atom stereocenters. The van der Waals surface area contributed by atoms with Crippen molar-refractivity contribution >= 4 is 11.9 Å². The van der Waals surface area contributed by atoms with Crippen molar-refractivity contribution in [3.63, 3.8) is 0 Å². The van der Waals surface area contributed by atoms with Gasteiger partial charge in [-0.05, 0) is 19.1 Å². The molecule has 0 radical (unpaired) electrons. The topological polar surface area (TPSA) is 89.6 Å². The standard InChI is InChI=1S/C10H11NO4/c1-6(10(13)14)15-8-5-3-2-4-7(8)9(11)12/h2-6H,1H3,(H2,11,12)(H,13,14)/t6-/m1/s1. The van der Waals surface area contributed by atoms with E-state index in [2.05, 4.69) is 0 Å². The van der Waals surface area contributed by atoms with Gasteiger partial charge in [-0.1, -0.05) is 12.1 Å². The third-order valence-electron chi connectivity index (χ3n) is 1.80. The molecule has 80 valence electrons. The first-order chi connectivity index (χ1) is 7.02. The second-order valence-electron chi connectivity index (χ2n) is 2.96. The lowest BCUT2D eigenvalue weighted by atomic mass is 10.2. The zero-order valence-electron chi connectivity index (χ0n) is 8.14. The number of rotatable bonds is 4. The first kappa shape index (κ1) is 11.0. The van der Waals surface area contributed by atoms with E-state index in [9.17, 15) is 9.59 Å². The Bertz CT molecular complexity index is 389. The van der Waals surface area contributed by atoms with Crippen LogP contribution < -0.4 is 10.5 Å². The first-order valence-electron chi connectivity index (χ1n) is 4.30. The summed E-state index contributed by atoms with van der Waals surface area (Å²) in [4.78, 5) is 21.5. The van der Waals surface area contributed by atoms with Crippen LogP contribution in [0.3, 0.4) is 0 Å². The Hall–Kier alpha value is -2.04. The number of ether oxygens (including phenoxy) is 1. The molecule has 5 heteroatoms. The smallest absolute Gasteiger partial charge is 0.344 e. The molecule has 0 bridgehead atoms.